The lowest BCUT2D eigenvalue weighted by atomic mass is 10.1. The molecule has 2 rings (SSSR count). The van der Waals surface area contributed by atoms with Crippen LogP contribution in [0.25, 0.3) is 11.3 Å². The van der Waals surface area contributed by atoms with Crippen LogP contribution in [0.4, 0.5) is 4.39 Å². The van der Waals surface area contributed by atoms with Gasteiger partial charge in [0.15, 0.2) is 6.29 Å². The first kappa shape index (κ1) is 13.0. The summed E-state index contributed by atoms with van der Waals surface area (Å²) in [6.45, 7) is 2.72. The van der Waals surface area contributed by atoms with E-state index in [1.165, 1.54) is 6.07 Å². The molecule has 1 heterocycles. The molecule has 0 amide bonds. The zero-order valence-electron chi connectivity index (χ0n) is 9.86. The Bertz CT molecular complexity index is 580. The first-order chi connectivity index (χ1) is 8.65. The van der Waals surface area contributed by atoms with Gasteiger partial charge in [0.05, 0.1) is 5.56 Å². The number of nitrogens with zero attached hydrogens (tertiary/aromatic N) is 2. The lowest BCUT2D eigenvalue weighted by Gasteiger charge is -2.01. The van der Waals surface area contributed by atoms with Crippen LogP contribution in [0.1, 0.15) is 23.7 Å². The highest BCUT2D eigenvalue weighted by molar-refractivity contribution is 9.10. The van der Waals surface area contributed by atoms with Gasteiger partial charge in [-0.25, -0.2) is 4.39 Å². The SMILES string of the molecule is CCCn1cc(C=O)c(-c2ccc(Br)cc2F)n1. The number of carbonyl (C=O) groups is 1. The highest BCUT2D eigenvalue weighted by Gasteiger charge is 2.14. The van der Waals surface area contributed by atoms with Gasteiger partial charge in [-0.2, -0.15) is 5.10 Å². The van der Waals surface area contributed by atoms with E-state index >= 15 is 0 Å². The summed E-state index contributed by atoms with van der Waals surface area (Å²) in [6.07, 6.45) is 3.26. The smallest absolute Gasteiger partial charge is 0.153 e. The summed E-state index contributed by atoms with van der Waals surface area (Å²) in [5, 5.41) is 4.26. The normalized spacial score (nSPS) is 10.6. The largest absolute Gasteiger partial charge is 0.298 e. The molecule has 0 spiro atoms. The fourth-order valence-electron chi connectivity index (χ4n) is 1.76. The molecule has 3 nitrogen and oxygen atoms in total. The first-order valence-electron chi connectivity index (χ1n) is 5.63. The van der Waals surface area contributed by atoms with Gasteiger partial charge >= 0.3 is 0 Å². The van der Waals surface area contributed by atoms with Crippen LogP contribution in [0.2, 0.25) is 0 Å². The van der Waals surface area contributed by atoms with E-state index in [9.17, 15) is 9.18 Å². The number of aromatic nitrogens is 2. The van der Waals surface area contributed by atoms with Crippen LogP contribution >= 0.6 is 15.9 Å². The van der Waals surface area contributed by atoms with Gasteiger partial charge in [0.1, 0.15) is 11.5 Å². The molecule has 5 heteroatoms. The summed E-state index contributed by atoms with van der Waals surface area (Å²) in [5.74, 6) is -0.394. The van der Waals surface area contributed by atoms with Crippen LogP contribution in [-0.4, -0.2) is 16.1 Å². The van der Waals surface area contributed by atoms with Crippen molar-refractivity contribution in [3.05, 3.63) is 40.2 Å². The Morgan fingerprint density at radius 3 is 2.89 bits per heavy atom. The Kier molecular flexibility index (Phi) is 3.91. The number of rotatable bonds is 4. The quantitative estimate of drug-likeness (QED) is 0.808. The molecule has 0 saturated carbocycles. The third-order valence-corrected chi connectivity index (χ3v) is 3.05. The van der Waals surface area contributed by atoms with E-state index in [0.29, 0.717) is 34.1 Å². The van der Waals surface area contributed by atoms with E-state index in [2.05, 4.69) is 21.0 Å². The van der Waals surface area contributed by atoms with Gasteiger partial charge in [0, 0.05) is 22.8 Å². The van der Waals surface area contributed by atoms with Gasteiger partial charge in [-0.15, -0.1) is 0 Å². The van der Waals surface area contributed by atoms with Crippen LogP contribution in [0.3, 0.4) is 0 Å². The summed E-state index contributed by atoms with van der Waals surface area (Å²) in [7, 11) is 0. The van der Waals surface area contributed by atoms with E-state index in [0.717, 1.165) is 6.42 Å². The van der Waals surface area contributed by atoms with Crippen molar-refractivity contribution in [3.63, 3.8) is 0 Å². The Morgan fingerprint density at radius 1 is 1.50 bits per heavy atom. The molecule has 94 valence electrons. The first-order valence-corrected chi connectivity index (χ1v) is 6.43. The van der Waals surface area contributed by atoms with Gasteiger partial charge in [-0.1, -0.05) is 22.9 Å². The molecule has 0 bridgehead atoms. The summed E-state index contributed by atoms with van der Waals surface area (Å²) in [5.41, 5.74) is 1.14. The van der Waals surface area contributed by atoms with Crippen LogP contribution in [0.15, 0.2) is 28.9 Å². The third-order valence-electron chi connectivity index (χ3n) is 2.56. The minimum Gasteiger partial charge on any atom is -0.298 e. The Labute approximate surface area is 113 Å². The van der Waals surface area contributed by atoms with Gasteiger partial charge < -0.3 is 0 Å². The van der Waals surface area contributed by atoms with Crippen molar-refractivity contribution in [2.45, 2.75) is 19.9 Å². The number of aldehydes is 1. The molecular formula is C13H12BrFN2O. The third kappa shape index (κ3) is 2.51. The maximum atomic E-state index is 13.9. The number of hydrogen-bond donors (Lipinski definition) is 0. The molecule has 0 fully saturated rings. The molecule has 0 aliphatic heterocycles. The molecule has 0 saturated heterocycles. The lowest BCUT2D eigenvalue weighted by Crippen LogP contribution is -1.97. The molecule has 0 atom stereocenters. The topological polar surface area (TPSA) is 34.9 Å². The van der Waals surface area contributed by atoms with Crippen LogP contribution < -0.4 is 0 Å². The number of benzene rings is 1. The van der Waals surface area contributed by atoms with Gasteiger partial charge in [0.2, 0.25) is 0 Å². The highest BCUT2D eigenvalue weighted by atomic mass is 79.9. The van der Waals surface area contributed by atoms with E-state index in [1.54, 1.807) is 23.0 Å². The minimum atomic E-state index is -0.394. The highest BCUT2D eigenvalue weighted by Crippen LogP contribution is 2.26. The molecule has 0 aliphatic rings. The second kappa shape index (κ2) is 5.44. The van der Waals surface area contributed by atoms with Crippen molar-refractivity contribution in [1.82, 2.24) is 9.78 Å². The summed E-state index contributed by atoms with van der Waals surface area (Å²) >= 11 is 3.20. The zero-order valence-corrected chi connectivity index (χ0v) is 11.4. The second-order valence-corrected chi connectivity index (χ2v) is 4.85. The van der Waals surface area contributed by atoms with Crippen LogP contribution in [-0.2, 0) is 6.54 Å². The summed E-state index contributed by atoms with van der Waals surface area (Å²) in [6, 6.07) is 4.71. The van der Waals surface area contributed by atoms with Crippen molar-refractivity contribution >= 4 is 22.2 Å². The van der Waals surface area contributed by atoms with Crippen molar-refractivity contribution in [2.75, 3.05) is 0 Å². The van der Waals surface area contributed by atoms with Crippen molar-refractivity contribution in [2.24, 2.45) is 0 Å². The van der Waals surface area contributed by atoms with E-state index in [-0.39, 0.29) is 0 Å². The van der Waals surface area contributed by atoms with Crippen molar-refractivity contribution in [1.29, 1.82) is 0 Å². The predicted octanol–water partition coefficient (Wildman–Crippen LogP) is 3.67. The average molecular weight is 311 g/mol. The Balaban J connectivity index is 2.51. The van der Waals surface area contributed by atoms with Gasteiger partial charge in [0.25, 0.3) is 0 Å². The summed E-state index contributed by atoms with van der Waals surface area (Å²) in [4.78, 5) is 11.0. The number of hydrogen-bond acceptors (Lipinski definition) is 2. The predicted molar refractivity (Wildman–Crippen MR) is 71.0 cm³/mol. The van der Waals surface area contributed by atoms with Gasteiger partial charge in [-0.3, -0.25) is 9.48 Å². The molecular weight excluding hydrogens is 299 g/mol. The summed E-state index contributed by atoms with van der Waals surface area (Å²) < 4.78 is 16.2. The molecule has 1 aromatic carbocycles. The maximum Gasteiger partial charge on any atom is 0.153 e. The van der Waals surface area contributed by atoms with Crippen LogP contribution in [0, 0.1) is 5.82 Å². The molecule has 0 radical (unpaired) electrons. The Hall–Kier alpha value is -1.49. The number of carbonyl (C=O) groups excluding carboxylic acids is 1. The molecule has 0 N–H and O–H groups in total. The fourth-order valence-corrected chi connectivity index (χ4v) is 2.09. The number of halogens is 2. The lowest BCUT2D eigenvalue weighted by molar-refractivity contribution is 0.112. The monoisotopic (exact) mass is 310 g/mol. The number of aryl methyl sites for hydroxylation is 1. The molecule has 1 aromatic heterocycles. The van der Waals surface area contributed by atoms with E-state index in [1.807, 2.05) is 6.92 Å². The van der Waals surface area contributed by atoms with Crippen molar-refractivity contribution < 1.29 is 9.18 Å². The molecule has 0 unspecified atom stereocenters. The molecule has 2 aromatic rings. The average Bonchev–Trinajstić information content (AvgIpc) is 2.72. The van der Waals surface area contributed by atoms with Gasteiger partial charge in [-0.05, 0) is 24.6 Å². The maximum absolute atomic E-state index is 13.9. The standard InChI is InChI=1S/C13H12BrFN2O/c1-2-5-17-7-9(8-18)13(16-17)11-4-3-10(14)6-12(11)15/h3-4,6-8H,2,5H2,1H3. The van der Waals surface area contributed by atoms with Crippen LogP contribution in [0.5, 0.6) is 0 Å². The molecule has 18 heavy (non-hydrogen) atoms. The molecule has 0 aliphatic carbocycles. The van der Waals surface area contributed by atoms with Crippen molar-refractivity contribution in [3.8, 4) is 11.3 Å². The second-order valence-electron chi connectivity index (χ2n) is 3.94. The minimum absolute atomic E-state index is 0.343. The van der Waals surface area contributed by atoms with E-state index < -0.39 is 5.82 Å². The Morgan fingerprint density at radius 2 is 2.28 bits per heavy atom. The zero-order chi connectivity index (χ0) is 13.1. The fraction of sp³-hybridized carbons (Fsp3) is 0.231. The van der Waals surface area contributed by atoms with E-state index in [4.69, 9.17) is 0 Å².